The molecule has 3 rings (SSSR count). The molecule has 2 N–H and O–H groups in total. The minimum atomic E-state index is -0.988. The van der Waals surface area contributed by atoms with Gasteiger partial charge in [0.15, 0.2) is 0 Å². The van der Waals surface area contributed by atoms with E-state index in [0.717, 1.165) is 5.56 Å². The third-order valence-corrected chi connectivity index (χ3v) is 4.13. The third-order valence-electron chi connectivity index (χ3n) is 4.13. The van der Waals surface area contributed by atoms with Crippen molar-refractivity contribution in [3.05, 3.63) is 77.7 Å². The Morgan fingerprint density at radius 2 is 1.90 bits per heavy atom. The molecular formula is C21H20FN3O4. The SMILES string of the molecule is O=C(O)Cc1ccc(F)c(-c2ccn(CCNC(=O)OCc3ccccc3)n2)c1. The van der Waals surface area contributed by atoms with E-state index in [2.05, 4.69) is 10.4 Å². The van der Waals surface area contributed by atoms with Crippen molar-refractivity contribution in [1.82, 2.24) is 15.1 Å². The average Bonchev–Trinajstić information content (AvgIpc) is 3.17. The Labute approximate surface area is 166 Å². The van der Waals surface area contributed by atoms with Gasteiger partial charge in [0.1, 0.15) is 12.4 Å². The van der Waals surface area contributed by atoms with Gasteiger partial charge in [0.05, 0.1) is 18.7 Å². The van der Waals surface area contributed by atoms with E-state index >= 15 is 0 Å². The predicted molar refractivity (Wildman–Crippen MR) is 104 cm³/mol. The van der Waals surface area contributed by atoms with Gasteiger partial charge in [-0.2, -0.15) is 5.10 Å². The number of rotatable bonds is 8. The van der Waals surface area contributed by atoms with Crippen molar-refractivity contribution >= 4 is 12.1 Å². The number of nitrogens with zero attached hydrogens (tertiary/aromatic N) is 2. The second kappa shape index (κ2) is 9.50. The number of aromatic nitrogens is 2. The molecular weight excluding hydrogens is 377 g/mol. The van der Waals surface area contributed by atoms with Crippen molar-refractivity contribution in [2.24, 2.45) is 0 Å². The number of hydrogen-bond acceptors (Lipinski definition) is 4. The van der Waals surface area contributed by atoms with Gasteiger partial charge in [-0.3, -0.25) is 9.48 Å². The number of carbonyl (C=O) groups is 2. The Bertz CT molecular complexity index is 989. The molecule has 0 spiro atoms. The lowest BCUT2D eigenvalue weighted by Gasteiger charge is -2.07. The summed E-state index contributed by atoms with van der Waals surface area (Å²) in [7, 11) is 0. The fourth-order valence-electron chi connectivity index (χ4n) is 2.73. The number of carbonyl (C=O) groups excluding carboxylic acids is 1. The minimum Gasteiger partial charge on any atom is -0.481 e. The molecule has 3 aromatic rings. The number of benzene rings is 2. The van der Waals surface area contributed by atoms with Gasteiger partial charge in [0, 0.05) is 18.3 Å². The summed E-state index contributed by atoms with van der Waals surface area (Å²) in [6.45, 7) is 0.845. The Hall–Kier alpha value is -3.68. The van der Waals surface area contributed by atoms with E-state index in [1.165, 1.54) is 18.2 Å². The second-order valence-electron chi connectivity index (χ2n) is 6.34. The van der Waals surface area contributed by atoms with Crippen LogP contribution in [0.3, 0.4) is 0 Å². The highest BCUT2D eigenvalue weighted by Crippen LogP contribution is 2.22. The summed E-state index contributed by atoms with van der Waals surface area (Å²) >= 11 is 0. The maximum atomic E-state index is 14.1. The maximum absolute atomic E-state index is 14.1. The normalized spacial score (nSPS) is 10.5. The Balaban J connectivity index is 1.51. The fourth-order valence-corrected chi connectivity index (χ4v) is 2.73. The minimum absolute atomic E-state index is 0.185. The van der Waals surface area contributed by atoms with Gasteiger partial charge in [0.2, 0.25) is 0 Å². The van der Waals surface area contributed by atoms with Crippen molar-refractivity contribution in [3.63, 3.8) is 0 Å². The number of amides is 1. The average molecular weight is 397 g/mol. The number of hydrogen-bond donors (Lipinski definition) is 2. The van der Waals surface area contributed by atoms with E-state index in [4.69, 9.17) is 9.84 Å². The number of alkyl carbamates (subject to hydrolysis) is 1. The zero-order valence-electron chi connectivity index (χ0n) is 15.5. The van der Waals surface area contributed by atoms with Crippen LogP contribution in [0.1, 0.15) is 11.1 Å². The molecule has 1 aromatic heterocycles. The summed E-state index contributed by atoms with van der Waals surface area (Å²) in [5.74, 6) is -1.47. The van der Waals surface area contributed by atoms with Gasteiger partial charge >= 0.3 is 12.1 Å². The third kappa shape index (κ3) is 5.90. The smallest absolute Gasteiger partial charge is 0.407 e. The molecule has 0 aliphatic rings. The van der Waals surface area contributed by atoms with Gasteiger partial charge in [-0.05, 0) is 29.3 Å². The Kier molecular flexibility index (Phi) is 6.57. The van der Waals surface area contributed by atoms with Crippen LogP contribution in [0, 0.1) is 5.82 Å². The molecule has 1 heterocycles. The van der Waals surface area contributed by atoms with E-state index < -0.39 is 17.9 Å². The highest BCUT2D eigenvalue weighted by molar-refractivity contribution is 5.71. The first kappa shape index (κ1) is 20.1. The molecule has 0 saturated carbocycles. The molecule has 7 nitrogen and oxygen atoms in total. The monoisotopic (exact) mass is 397 g/mol. The Morgan fingerprint density at radius 3 is 2.66 bits per heavy atom. The number of ether oxygens (including phenoxy) is 1. The number of aliphatic carboxylic acids is 1. The fraction of sp³-hybridized carbons (Fsp3) is 0.190. The van der Waals surface area contributed by atoms with Gasteiger partial charge in [-0.15, -0.1) is 0 Å². The molecule has 150 valence electrons. The number of carboxylic acid groups (broad SMARTS) is 1. The van der Waals surface area contributed by atoms with Crippen LogP contribution in [0.4, 0.5) is 9.18 Å². The topological polar surface area (TPSA) is 93.5 Å². The van der Waals surface area contributed by atoms with Crippen LogP contribution >= 0.6 is 0 Å². The molecule has 1 amide bonds. The second-order valence-corrected chi connectivity index (χ2v) is 6.34. The van der Waals surface area contributed by atoms with Crippen molar-refractivity contribution in [1.29, 1.82) is 0 Å². The summed E-state index contributed by atoms with van der Waals surface area (Å²) in [5.41, 5.74) is 2.01. The summed E-state index contributed by atoms with van der Waals surface area (Å²) in [5, 5.41) is 15.8. The molecule has 8 heteroatoms. The maximum Gasteiger partial charge on any atom is 0.407 e. The molecule has 0 saturated heterocycles. The van der Waals surface area contributed by atoms with Crippen LogP contribution in [0.15, 0.2) is 60.8 Å². The zero-order chi connectivity index (χ0) is 20.6. The lowest BCUT2D eigenvalue weighted by molar-refractivity contribution is -0.136. The van der Waals surface area contributed by atoms with Gasteiger partial charge < -0.3 is 15.2 Å². The van der Waals surface area contributed by atoms with Crippen molar-refractivity contribution in [3.8, 4) is 11.3 Å². The van der Waals surface area contributed by atoms with E-state index in [0.29, 0.717) is 17.8 Å². The van der Waals surface area contributed by atoms with E-state index in [1.54, 1.807) is 16.9 Å². The van der Waals surface area contributed by atoms with Crippen LogP contribution < -0.4 is 5.32 Å². The van der Waals surface area contributed by atoms with E-state index in [1.807, 2.05) is 30.3 Å². The lowest BCUT2D eigenvalue weighted by Crippen LogP contribution is -2.27. The largest absolute Gasteiger partial charge is 0.481 e. The van der Waals surface area contributed by atoms with Gasteiger partial charge in [-0.25, -0.2) is 9.18 Å². The van der Waals surface area contributed by atoms with Gasteiger partial charge in [-0.1, -0.05) is 36.4 Å². The summed E-state index contributed by atoms with van der Waals surface area (Å²) in [4.78, 5) is 22.6. The molecule has 0 unspecified atom stereocenters. The standard InChI is InChI=1S/C21H20FN3O4/c22-18-7-6-16(13-20(26)27)12-17(18)19-8-10-25(24-19)11-9-23-21(28)29-14-15-4-2-1-3-5-15/h1-8,10,12H,9,11,13-14H2,(H,23,28)(H,26,27). The first-order chi connectivity index (χ1) is 14.0. The molecule has 0 radical (unpaired) electrons. The molecule has 0 aliphatic heterocycles. The Morgan fingerprint density at radius 1 is 1.10 bits per heavy atom. The number of carboxylic acids is 1. The quantitative estimate of drug-likeness (QED) is 0.609. The summed E-state index contributed by atoms with van der Waals surface area (Å²) in [6.07, 6.45) is 0.937. The lowest BCUT2D eigenvalue weighted by atomic mass is 10.1. The molecule has 0 aliphatic carbocycles. The van der Waals surface area contributed by atoms with E-state index in [9.17, 15) is 14.0 Å². The van der Waals surface area contributed by atoms with Crippen LogP contribution in [0.5, 0.6) is 0 Å². The zero-order valence-corrected chi connectivity index (χ0v) is 15.5. The van der Waals surface area contributed by atoms with Crippen molar-refractivity contribution < 1.29 is 23.8 Å². The van der Waals surface area contributed by atoms with Crippen molar-refractivity contribution in [2.75, 3.05) is 6.54 Å². The molecule has 2 aromatic carbocycles. The molecule has 0 bridgehead atoms. The first-order valence-corrected chi connectivity index (χ1v) is 9.00. The van der Waals surface area contributed by atoms with Crippen LogP contribution in [-0.2, 0) is 29.1 Å². The van der Waals surface area contributed by atoms with Crippen LogP contribution in [0.2, 0.25) is 0 Å². The predicted octanol–water partition coefficient (Wildman–Crippen LogP) is 3.24. The summed E-state index contributed by atoms with van der Waals surface area (Å²) in [6, 6.07) is 15.1. The highest BCUT2D eigenvalue weighted by atomic mass is 19.1. The first-order valence-electron chi connectivity index (χ1n) is 9.00. The van der Waals surface area contributed by atoms with E-state index in [-0.39, 0.29) is 25.1 Å². The number of nitrogens with one attached hydrogen (secondary N) is 1. The van der Waals surface area contributed by atoms with Gasteiger partial charge in [0.25, 0.3) is 0 Å². The number of halogens is 1. The molecule has 29 heavy (non-hydrogen) atoms. The molecule has 0 fully saturated rings. The van der Waals surface area contributed by atoms with Crippen molar-refractivity contribution in [2.45, 2.75) is 19.6 Å². The van der Waals surface area contributed by atoms with Crippen LogP contribution in [-0.4, -0.2) is 33.5 Å². The highest BCUT2D eigenvalue weighted by Gasteiger charge is 2.11. The molecule has 0 atom stereocenters. The summed E-state index contributed by atoms with van der Waals surface area (Å²) < 4.78 is 20.8. The van der Waals surface area contributed by atoms with Crippen LogP contribution in [0.25, 0.3) is 11.3 Å².